The number of anilines is 2. The van der Waals surface area contributed by atoms with Gasteiger partial charge in [-0.05, 0) is 105 Å². The fourth-order valence-corrected chi connectivity index (χ4v) is 6.98. The van der Waals surface area contributed by atoms with E-state index in [0.29, 0.717) is 25.7 Å². The molecular weight excluding hydrogens is 666 g/mol. The molecule has 0 saturated heterocycles. The second-order valence-electron chi connectivity index (χ2n) is 12.4. The number of carbonyl (C=O) groups is 2. The first-order valence-corrected chi connectivity index (χ1v) is 16.0. The van der Waals surface area contributed by atoms with Gasteiger partial charge in [0.15, 0.2) is 0 Å². The van der Waals surface area contributed by atoms with Crippen LogP contribution in [0.4, 0.5) is 38.0 Å². The smallest absolute Gasteiger partial charge is 0.416 e. The number of carbonyl (C=O) groups excluding carboxylic acids is 2. The summed E-state index contributed by atoms with van der Waals surface area (Å²) in [4.78, 5) is 30.2. The van der Waals surface area contributed by atoms with Crippen LogP contribution in [-0.4, -0.2) is 44.7 Å². The molecule has 1 aliphatic carbocycles. The number of aryl methyl sites for hydroxylation is 1. The predicted octanol–water partition coefficient (Wildman–Crippen LogP) is 7.53. The topological polar surface area (TPSA) is 93.5 Å². The van der Waals surface area contributed by atoms with E-state index >= 15 is 0 Å². The van der Waals surface area contributed by atoms with Crippen LogP contribution in [0.25, 0.3) is 0 Å². The van der Waals surface area contributed by atoms with Gasteiger partial charge in [-0.3, -0.25) is 9.59 Å². The average Bonchev–Trinajstić information content (AvgIpc) is 3.44. The maximum Gasteiger partial charge on any atom is 0.416 e. The second-order valence-corrected chi connectivity index (χ2v) is 12.8. The van der Waals surface area contributed by atoms with Crippen LogP contribution in [0.1, 0.15) is 80.7 Å². The highest BCUT2D eigenvalue weighted by molar-refractivity contribution is 6.30. The molecule has 1 aliphatic heterocycles. The van der Waals surface area contributed by atoms with Crippen molar-refractivity contribution in [3.63, 3.8) is 0 Å². The number of halogens is 7. The van der Waals surface area contributed by atoms with Crippen molar-refractivity contribution in [3.8, 4) is 0 Å². The number of nitrogens with zero attached hydrogens (tertiary/aromatic N) is 6. The predicted molar refractivity (Wildman–Crippen MR) is 164 cm³/mol. The minimum atomic E-state index is -4.71. The molecule has 1 saturated carbocycles. The normalized spacial score (nSPS) is 21.5. The van der Waals surface area contributed by atoms with Crippen LogP contribution in [0.15, 0.2) is 36.4 Å². The third kappa shape index (κ3) is 7.87. The van der Waals surface area contributed by atoms with Gasteiger partial charge < -0.3 is 14.5 Å². The van der Waals surface area contributed by atoms with Gasteiger partial charge in [0.2, 0.25) is 5.91 Å². The number of aromatic nitrogens is 4. The number of benzene rings is 2. The minimum Gasteiger partial charge on any atom is -0.466 e. The summed E-state index contributed by atoms with van der Waals surface area (Å²) < 4.78 is 88.3. The molecule has 9 nitrogen and oxygen atoms in total. The molecule has 1 aromatic heterocycles. The van der Waals surface area contributed by atoms with E-state index < -0.39 is 41.5 Å². The first-order valence-electron chi connectivity index (χ1n) is 15.6. The van der Waals surface area contributed by atoms with Gasteiger partial charge in [0.05, 0.1) is 30.8 Å². The Balaban J connectivity index is 1.52. The number of hydrogen-bond donors (Lipinski definition) is 0. The summed E-state index contributed by atoms with van der Waals surface area (Å²) in [5.41, 5.74) is -1.38. The van der Waals surface area contributed by atoms with Crippen LogP contribution in [0.2, 0.25) is 5.02 Å². The largest absolute Gasteiger partial charge is 0.466 e. The zero-order valence-electron chi connectivity index (χ0n) is 26.5. The fourth-order valence-electron chi connectivity index (χ4n) is 6.72. The highest BCUT2D eigenvalue weighted by atomic mass is 35.5. The van der Waals surface area contributed by atoms with Gasteiger partial charge in [-0.15, -0.1) is 5.10 Å². The Morgan fingerprint density at radius 2 is 1.69 bits per heavy atom. The number of amides is 1. The number of esters is 1. The van der Waals surface area contributed by atoms with Crippen LogP contribution in [0, 0.1) is 11.8 Å². The maximum absolute atomic E-state index is 14.1. The number of hydrogen-bond acceptors (Lipinski definition) is 7. The average molecular weight is 701 g/mol. The van der Waals surface area contributed by atoms with Crippen molar-refractivity contribution in [2.24, 2.45) is 18.9 Å². The Morgan fingerprint density at radius 1 is 1.00 bits per heavy atom. The number of fused-ring (bicyclic) bond motifs is 1. The number of alkyl halides is 6. The molecule has 2 heterocycles. The molecule has 3 aromatic rings. The first-order chi connectivity index (χ1) is 22.5. The lowest BCUT2D eigenvalue weighted by Crippen LogP contribution is -2.49. The van der Waals surface area contributed by atoms with E-state index in [1.807, 2.05) is 0 Å². The van der Waals surface area contributed by atoms with Crippen molar-refractivity contribution >= 4 is 35.1 Å². The first kappa shape index (κ1) is 35.4. The van der Waals surface area contributed by atoms with Gasteiger partial charge in [0.1, 0.15) is 0 Å². The molecule has 2 unspecified atom stereocenters. The van der Waals surface area contributed by atoms with E-state index in [-0.39, 0.29) is 71.6 Å². The fraction of sp³-hybridized carbons (Fsp3) is 0.531. The third-order valence-corrected chi connectivity index (χ3v) is 9.16. The third-order valence-electron chi connectivity index (χ3n) is 8.94. The summed E-state index contributed by atoms with van der Waals surface area (Å²) >= 11 is 6.07. The molecule has 48 heavy (non-hydrogen) atoms. The van der Waals surface area contributed by atoms with Crippen LogP contribution >= 0.6 is 11.6 Å². The Kier molecular flexibility index (Phi) is 10.3. The quantitative estimate of drug-likeness (QED) is 0.177. The summed E-state index contributed by atoms with van der Waals surface area (Å²) in [6, 6.07) is 4.81. The lowest BCUT2D eigenvalue weighted by Gasteiger charge is -2.45. The zero-order valence-corrected chi connectivity index (χ0v) is 27.2. The Labute approximate surface area is 278 Å². The van der Waals surface area contributed by atoms with Gasteiger partial charge in [-0.25, -0.2) is 0 Å². The summed E-state index contributed by atoms with van der Waals surface area (Å²) in [5.74, 6) is -0.860. The molecule has 2 atom stereocenters. The molecule has 2 aromatic carbocycles. The minimum absolute atomic E-state index is 0.0219. The molecule has 0 N–H and O–H groups in total. The van der Waals surface area contributed by atoms with E-state index in [4.69, 9.17) is 16.3 Å². The lowest BCUT2D eigenvalue weighted by molar-refractivity contribution is -0.144. The Bertz CT molecular complexity index is 1640. The van der Waals surface area contributed by atoms with E-state index in [2.05, 4.69) is 15.4 Å². The van der Waals surface area contributed by atoms with Crippen LogP contribution in [0.3, 0.4) is 0 Å². The van der Waals surface area contributed by atoms with Gasteiger partial charge in [0, 0.05) is 35.6 Å². The van der Waals surface area contributed by atoms with Gasteiger partial charge in [-0.2, -0.15) is 31.1 Å². The number of tetrazole rings is 1. The van der Waals surface area contributed by atoms with Crippen molar-refractivity contribution in [2.75, 3.05) is 16.4 Å². The van der Waals surface area contributed by atoms with Crippen molar-refractivity contribution < 1.29 is 40.7 Å². The SMILES string of the molecule is CCOC(=O)CC1CCC(C(=O)N2c3ccc(C(F)(F)F)cc3C(N(Cc3cc(Cl)cc(C(F)(F)F)c3)c3nnn(C)n3)CC2C)CC1. The van der Waals surface area contributed by atoms with Crippen LogP contribution < -0.4 is 9.80 Å². The van der Waals surface area contributed by atoms with Crippen molar-refractivity contribution in [3.05, 3.63) is 63.7 Å². The van der Waals surface area contributed by atoms with E-state index in [9.17, 15) is 35.9 Å². The second kappa shape index (κ2) is 13.9. The molecule has 16 heteroatoms. The Morgan fingerprint density at radius 3 is 2.29 bits per heavy atom. The lowest BCUT2D eigenvalue weighted by atomic mass is 9.79. The molecule has 0 spiro atoms. The number of ether oxygens (including phenoxy) is 1. The van der Waals surface area contributed by atoms with Crippen LogP contribution in [0.5, 0.6) is 0 Å². The molecule has 2 aliphatic rings. The Hall–Kier alpha value is -3.88. The summed E-state index contributed by atoms with van der Waals surface area (Å²) in [7, 11) is 1.48. The van der Waals surface area contributed by atoms with E-state index in [0.717, 1.165) is 29.1 Å². The van der Waals surface area contributed by atoms with E-state index in [1.165, 1.54) is 29.0 Å². The summed E-state index contributed by atoms with van der Waals surface area (Å²) in [5, 5.41) is 12.0. The van der Waals surface area contributed by atoms with Gasteiger partial charge in [-0.1, -0.05) is 16.7 Å². The molecule has 5 rings (SSSR count). The summed E-state index contributed by atoms with van der Waals surface area (Å²) in [6.07, 6.45) is -6.74. The molecule has 1 amide bonds. The highest BCUT2D eigenvalue weighted by Gasteiger charge is 2.42. The molecular formula is C32H35ClF6N6O3. The number of rotatable bonds is 8. The monoisotopic (exact) mass is 700 g/mol. The molecule has 260 valence electrons. The van der Waals surface area contributed by atoms with Gasteiger partial charge >= 0.3 is 18.3 Å². The van der Waals surface area contributed by atoms with Crippen molar-refractivity contribution in [1.29, 1.82) is 0 Å². The standard InChI is InChI=1S/C32H35ClF6N6O3/c1-4-48-28(46)14-19-5-7-21(8-6-19)29(47)45-18(2)11-27(25-16-22(31(34,35)36)9-10-26(25)45)44(30-40-42-43(3)41-30)17-20-12-23(32(37,38)39)15-24(33)13-20/h9-10,12-13,15-16,18-19,21,27H,4-8,11,14,17H2,1-3H3. The van der Waals surface area contributed by atoms with Crippen molar-refractivity contribution in [2.45, 2.75) is 83.4 Å². The molecule has 1 fully saturated rings. The van der Waals surface area contributed by atoms with Gasteiger partial charge in [0.25, 0.3) is 5.95 Å². The summed E-state index contributed by atoms with van der Waals surface area (Å²) in [6.45, 7) is 3.55. The van der Waals surface area contributed by atoms with E-state index in [1.54, 1.807) is 13.8 Å². The zero-order chi connectivity index (χ0) is 35.0. The van der Waals surface area contributed by atoms with Crippen LogP contribution in [-0.2, 0) is 40.3 Å². The highest BCUT2D eigenvalue weighted by Crippen LogP contribution is 2.46. The molecule has 0 bridgehead atoms. The maximum atomic E-state index is 14.1. The van der Waals surface area contributed by atoms with Crippen molar-refractivity contribution in [1.82, 2.24) is 20.2 Å². The molecule has 0 radical (unpaired) electrons.